The van der Waals surface area contributed by atoms with E-state index in [1.54, 1.807) is 37.4 Å². The zero-order valence-corrected chi connectivity index (χ0v) is 13.3. The molecule has 2 heterocycles. The van der Waals surface area contributed by atoms with E-state index in [2.05, 4.69) is 10.3 Å². The molecule has 0 atom stereocenters. The third-order valence-electron chi connectivity index (χ3n) is 3.74. The summed E-state index contributed by atoms with van der Waals surface area (Å²) in [5.41, 5.74) is 0.633. The number of nitrogens with one attached hydrogen (secondary N) is 1. The molecule has 1 fully saturated rings. The first-order valence-electron chi connectivity index (χ1n) is 7.56. The highest BCUT2D eigenvalue weighted by Gasteiger charge is 2.20. The van der Waals surface area contributed by atoms with E-state index in [4.69, 9.17) is 9.47 Å². The number of aromatic nitrogens is 1. The third-order valence-corrected chi connectivity index (χ3v) is 3.74. The fourth-order valence-corrected chi connectivity index (χ4v) is 2.46. The van der Waals surface area contributed by atoms with Crippen LogP contribution >= 0.6 is 0 Å². The van der Waals surface area contributed by atoms with Gasteiger partial charge in [-0.3, -0.25) is 10.1 Å². The molecule has 8 nitrogen and oxygen atoms in total. The van der Waals surface area contributed by atoms with Gasteiger partial charge < -0.3 is 19.7 Å². The Morgan fingerprint density at radius 1 is 1.21 bits per heavy atom. The van der Waals surface area contributed by atoms with Gasteiger partial charge in [0.25, 0.3) is 0 Å². The average molecular weight is 330 g/mol. The Balaban J connectivity index is 1.88. The molecule has 8 heteroatoms. The van der Waals surface area contributed by atoms with Gasteiger partial charge in [-0.05, 0) is 30.3 Å². The van der Waals surface area contributed by atoms with Crippen molar-refractivity contribution in [3.63, 3.8) is 0 Å². The zero-order valence-electron chi connectivity index (χ0n) is 13.3. The molecule has 1 N–H and O–H groups in total. The molecule has 2 aromatic rings. The van der Waals surface area contributed by atoms with Gasteiger partial charge in [0.2, 0.25) is 5.82 Å². The lowest BCUT2D eigenvalue weighted by molar-refractivity contribution is -0.384. The maximum atomic E-state index is 11.3. The van der Waals surface area contributed by atoms with Crippen molar-refractivity contribution in [1.29, 1.82) is 0 Å². The van der Waals surface area contributed by atoms with Crippen LogP contribution in [0.5, 0.6) is 5.75 Å². The zero-order chi connectivity index (χ0) is 16.9. The number of hydrogen-bond donors (Lipinski definition) is 1. The molecule has 0 saturated carbocycles. The Morgan fingerprint density at radius 2 is 1.92 bits per heavy atom. The van der Waals surface area contributed by atoms with Crippen LogP contribution in [-0.4, -0.2) is 43.3 Å². The smallest absolute Gasteiger partial charge is 0.311 e. The van der Waals surface area contributed by atoms with Crippen LogP contribution in [0.15, 0.2) is 36.4 Å². The fraction of sp³-hybridized carbons (Fsp3) is 0.312. The van der Waals surface area contributed by atoms with Crippen LogP contribution in [0.2, 0.25) is 0 Å². The van der Waals surface area contributed by atoms with E-state index in [1.807, 2.05) is 4.90 Å². The van der Waals surface area contributed by atoms with Crippen molar-refractivity contribution >= 4 is 23.0 Å². The minimum atomic E-state index is -0.443. The molecule has 1 saturated heterocycles. The number of methoxy groups -OCH3 is 1. The SMILES string of the molecule is COc1ccc(Nc2nc(N3CCOCC3)ccc2[N+](=O)[O-])cc1. The lowest BCUT2D eigenvalue weighted by Crippen LogP contribution is -2.36. The van der Waals surface area contributed by atoms with Crippen molar-refractivity contribution in [2.75, 3.05) is 43.6 Å². The number of morpholine rings is 1. The summed E-state index contributed by atoms with van der Waals surface area (Å²) in [5.74, 6) is 1.62. The minimum Gasteiger partial charge on any atom is -0.497 e. The lowest BCUT2D eigenvalue weighted by atomic mass is 10.3. The Bertz CT molecular complexity index is 715. The Kier molecular flexibility index (Phi) is 4.76. The molecule has 3 rings (SSSR count). The predicted octanol–water partition coefficient (Wildman–Crippen LogP) is 2.58. The summed E-state index contributed by atoms with van der Waals surface area (Å²) in [6.45, 7) is 2.68. The maximum Gasteiger partial charge on any atom is 0.311 e. The first-order valence-corrected chi connectivity index (χ1v) is 7.56. The van der Waals surface area contributed by atoms with Gasteiger partial charge in [0.05, 0.1) is 25.2 Å². The van der Waals surface area contributed by atoms with Crippen LogP contribution < -0.4 is 15.0 Å². The number of anilines is 3. The van der Waals surface area contributed by atoms with E-state index in [0.717, 1.165) is 0 Å². The van der Waals surface area contributed by atoms with Gasteiger partial charge in [-0.15, -0.1) is 0 Å². The van der Waals surface area contributed by atoms with Gasteiger partial charge in [0.1, 0.15) is 11.6 Å². The number of rotatable bonds is 5. The van der Waals surface area contributed by atoms with Crippen LogP contribution in [0, 0.1) is 10.1 Å². The summed E-state index contributed by atoms with van der Waals surface area (Å²) in [6, 6.07) is 10.3. The van der Waals surface area contributed by atoms with Gasteiger partial charge in [0.15, 0.2) is 0 Å². The minimum absolute atomic E-state index is 0.0668. The van der Waals surface area contributed by atoms with E-state index in [9.17, 15) is 10.1 Å². The van der Waals surface area contributed by atoms with Crippen molar-refractivity contribution in [2.45, 2.75) is 0 Å². The summed E-state index contributed by atoms with van der Waals surface area (Å²) in [6.07, 6.45) is 0. The highest BCUT2D eigenvalue weighted by molar-refractivity contribution is 5.68. The molecule has 126 valence electrons. The van der Waals surface area contributed by atoms with Gasteiger partial charge in [0, 0.05) is 24.8 Å². The molecule has 0 spiro atoms. The normalized spacial score (nSPS) is 14.3. The summed E-state index contributed by atoms with van der Waals surface area (Å²) in [5, 5.41) is 14.3. The van der Waals surface area contributed by atoms with Crippen molar-refractivity contribution in [1.82, 2.24) is 4.98 Å². The van der Waals surface area contributed by atoms with Crippen LogP contribution in [0.25, 0.3) is 0 Å². The average Bonchev–Trinajstić information content (AvgIpc) is 2.63. The summed E-state index contributed by atoms with van der Waals surface area (Å²) < 4.78 is 10.4. The summed E-state index contributed by atoms with van der Waals surface area (Å²) in [4.78, 5) is 17.3. The first-order chi connectivity index (χ1) is 11.7. The number of nitro groups is 1. The quantitative estimate of drug-likeness (QED) is 0.665. The number of pyridine rings is 1. The number of ether oxygens (including phenoxy) is 2. The summed E-state index contributed by atoms with van der Waals surface area (Å²) in [7, 11) is 1.58. The van der Waals surface area contributed by atoms with E-state index >= 15 is 0 Å². The third kappa shape index (κ3) is 3.54. The van der Waals surface area contributed by atoms with Gasteiger partial charge in [-0.25, -0.2) is 4.98 Å². The van der Waals surface area contributed by atoms with E-state index in [0.29, 0.717) is 43.6 Å². The molecule has 0 radical (unpaired) electrons. The molecular formula is C16H18N4O4. The Hall–Kier alpha value is -2.87. The Morgan fingerprint density at radius 3 is 2.54 bits per heavy atom. The van der Waals surface area contributed by atoms with Crippen LogP contribution in [0.3, 0.4) is 0 Å². The molecule has 24 heavy (non-hydrogen) atoms. The largest absolute Gasteiger partial charge is 0.497 e. The molecular weight excluding hydrogens is 312 g/mol. The summed E-state index contributed by atoms with van der Waals surface area (Å²) >= 11 is 0. The van der Waals surface area contributed by atoms with Crippen LogP contribution in [-0.2, 0) is 4.74 Å². The van der Waals surface area contributed by atoms with Crippen LogP contribution in [0.4, 0.5) is 23.0 Å². The van der Waals surface area contributed by atoms with E-state index in [1.165, 1.54) is 6.07 Å². The van der Waals surface area contributed by atoms with Crippen molar-refractivity contribution in [2.24, 2.45) is 0 Å². The van der Waals surface area contributed by atoms with E-state index in [-0.39, 0.29) is 11.5 Å². The van der Waals surface area contributed by atoms with Crippen LogP contribution in [0.1, 0.15) is 0 Å². The fourth-order valence-electron chi connectivity index (χ4n) is 2.46. The molecule has 0 amide bonds. The lowest BCUT2D eigenvalue weighted by Gasteiger charge is -2.28. The molecule has 1 aliphatic heterocycles. The van der Waals surface area contributed by atoms with Gasteiger partial charge >= 0.3 is 5.69 Å². The van der Waals surface area contributed by atoms with Crippen molar-refractivity contribution < 1.29 is 14.4 Å². The molecule has 0 aliphatic carbocycles. The van der Waals surface area contributed by atoms with Gasteiger partial charge in [-0.2, -0.15) is 0 Å². The second-order valence-electron chi connectivity index (χ2n) is 5.25. The molecule has 0 bridgehead atoms. The molecule has 1 aromatic heterocycles. The first kappa shape index (κ1) is 16.0. The monoisotopic (exact) mass is 330 g/mol. The second-order valence-corrected chi connectivity index (χ2v) is 5.25. The van der Waals surface area contributed by atoms with Gasteiger partial charge in [-0.1, -0.05) is 0 Å². The van der Waals surface area contributed by atoms with E-state index < -0.39 is 4.92 Å². The molecule has 0 unspecified atom stereocenters. The second kappa shape index (κ2) is 7.14. The maximum absolute atomic E-state index is 11.3. The molecule has 1 aliphatic rings. The van der Waals surface area contributed by atoms with Crippen molar-refractivity contribution in [3.05, 3.63) is 46.5 Å². The highest BCUT2D eigenvalue weighted by Crippen LogP contribution is 2.29. The van der Waals surface area contributed by atoms with Crippen molar-refractivity contribution in [3.8, 4) is 5.75 Å². The predicted molar refractivity (Wildman–Crippen MR) is 90.2 cm³/mol. The number of nitrogens with zero attached hydrogens (tertiary/aromatic N) is 3. The molecule has 1 aromatic carbocycles. The standard InChI is InChI=1S/C16H18N4O4/c1-23-13-4-2-12(3-5-13)17-16-14(20(21)22)6-7-15(18-16)19-8-10-24-11-9-19/h2-7H,8-11H2,1H3,(H,17,18). The number of benzene rings is 1. The number of hydrogen-bond acceptors (Lipinski definition) is 7. The highest BCUT2D eigenvalue weighted by atomic mass is 16.6. The Labute approximate surface area is 139 Å². The topological polar surface area (TPSA) is 89.8 Å².